The van der Waals surface area contributed by atoms with Gasteiger partial charge in [-0.3, -0.25) is 0 Å². The van der Waals surface area contributed by atoms with Crippen LogP contribution in [0.5, 0.6) is 0 Å². The zero-order chi connectivity index (χ0) is 11.6. The largest absolute Gasteiger partial charge is 0.381 e. The third-order valence-corrected chi connectivity index (χ3v) is 2.38. The number of unbranched alkanes of at least 4 members (excludes halogenated alkanes) is 1. The zero-order valence-electron chi connectivity index (χ0n) is 10.4. The minimum atomic E-state index is 0.837. The van der Waals surface area contributed by atoms with Gasteiger partial charge >= 0.3 is 0 Å². The van der Waals surface area contributed by atoms with Crippen LogP contribution in [0.25, 0.3) is 0 Å². The highest BCUT2D eigenvalue weighted by molar-refractivity contribution is 5.25. The molecule has 0 fully saturated rings. The number of hydrogen-bond acceptors (Lipinski definition) is 3. The number of imidazole rings is 1. The second-order valence-electron chi connectivity index (χ2n) is 3.79. The van der Waals surface area contributed by atoms with Gasteiger partial charge in [-0.2, -0.15) is 0 Å². The summed E-state index contributed by atoms with van der Waals surface area (Å²) in [5.41, 5.74) is 0. The van der Waals surface area contributed by atoms with Gasteiger partial charge in [0.05, 0.1) is 0 Å². The monoisotopic (exact) mass is 225 g/mol. The third kappa shape index (κ3) is 4.66. The van der Waals surface area contributed by atoms with E-state index in [0.29, 0.717) is 0 Å². The number of nitrogens with one attached hydrogen (secondary N) is 1. The van der Waals surface area contributed by atoms with Gasteiger partial charge in [-0.15, -0.1) is 0 Å². The molecule has 0 amide bonds. The summed E-state index contributed by atoms with van der Waals surface area (Å²) < 4.78 is 7.65. The quantitative estimate of drug-likeness (QED) is 0.656. The van der Waals surface area contributed by atoms with Crippen LogP contribution in [0.4, 0.5) is 5.95 Å². The molecule has 0 bridgehead atoms. The number of ether oxygens (including phenoxy) is 1. The topological polar surface area (TPSA) is 39.1 Å². The average Bonchev–Trinajstić information content (AvgIpc) is 2.72. The van der Waals surface area contributed by atoms with Gasteiger partial charge in [-0.1, -0.05) is 13.3 Å². The Balaban J connectivity index is 2.13. The fraction of sp³-hybridized carbons (Fsp3) is 0.750. The molecule has 0 atom stereocenters. The van der Waals surface area contributed by atoms with Crippen molar-refractivity contribution in [3.63, 3.8) is 0 Å². The van der Waals surface area contributed by atoms with Crippen molar-refractivity contribution in [2.24, 2.45) is 0 Å². The fourth-order valence-corrected chi connectivity index (χ4v) is 1.50. The highest BCUT2D eigenvalue weighted by atomic mass is 16.5. The van der Waals surface area contributed by atoms with E-state index in [-0.39, 0.29) is 0 Å². The third-order valence-electron chi connectivity index (χ3n) is 2.38. The Bertz CT molecular complexity index is 273. The number of aromatic nitrogens is 2. The van der Waals surface area contributed by atoms with E-state index in [9.17, 15) is 0 Å². The summed E-state index contributed by atoms with van der Waals surface area (Å²) in [6.45, 7) is 7.85. The normalized spacial score (nSPS) is 10.6. The van der Waals surface area contributed by atoms with E-state index in [1.807, 2.05) is 12.4 Å². The average molecular weight is 225 g/mol. The molecule has 1 N–H and O–H groups in total. The number of nitrogens with zero attached hydrogens (tertiary/aromatic N) is 2. The van der Waals surface area contributed by atoms with Crippen LogP contribution in [0.2, 0.25) is 0 Å². The van der Waals surface area contributed by atoms with E-state index in [4.69, 9.17) is 4.74 Å². The molecular formula is C12H23N3O. The molecule has 0 spiro atoms. The molecule has 92 valence electrons. The molecule has 0 aliphatic carbocycles. The van der Waals surface area contributed by atoms with E-state index in [2.05, 4.69) is 28.7 Å². The van der Waals surface area contributed by atoms with Crippen molar-refractivity contribution in [2.75, 3.05) is 25.1 Å². The number of rotatable bonds is 9. The van der Waals surface area contributed by atoms with E-state index in [1.165, 1.54) is 6.42 Å². The molecule has 16 heavy (non-hydrogen) atoms. The first-order chi connectivity index (χ1) is 7.88. The SMILES string of the molecule is CCCCOCCCn1ccnc1NCC. The molecule has 1 rings (SSSR count). The van der Waals surface area contributed by atoms with Crippen LogP contribution in [0.15, 0.2) is 12.4 Å². The van der Waals surface area contributed by atoms with Crippen molar-refractivity contribution in [3.05, 3.63) is 12.4 Å². The van der Waals surface area contributed by atoms with Crippen LogP contribution in [-0.2, 0) is 11.3 Å². The molecule has 4 nitrogen and oxygen atoms in total. The molecule has 0 aromatic carbocycles. The predicted molar refractivity (Wildman–Crippen MR) is 66.7 cm³/mol. The molecule has 1 heterocycles. The summed E-state index contributed by atoms with van der Waals surface area (Å²) in [5.74, 6) is 0.955. The van der Waals surface area contributed by atoms with Crippen molar-refractivity contribution < 1.29 is 4.74 Å². The Labute approximate surface area is 98.0 Å². The van der Waals surface area contributed by atoms with Gasteiger partial charge < -0.3 is 14.6 Å². The maximum atomic E-state index is 5.52. The Morgan fingerprint density at radius 1 is 1.31 bits per heavy atom. The van der Waals surface area contributed by atoms with Crippen LogP contribution in [0.3, 0.4) is 0 Å². The van der Waals surface area contributed by atoms with Crippen molar-refractivity contribution in [2.45, 2.75) is 39.7 Å². The lowest BCUT2D eigenvalue weighted by Crippen LogP contribution is -2.08. The first kappa shape index (κ1) is 13.0. The van der Waals surface area contributed by atoms with Crippen LogP contribution in [0.1, 0.15) is 33.1 Å². The van der Waals surface area contributed by atoms with Crippen molar-refractivity contribution in [3.8, 4) is 0 Å². The smallest absolute Gasteiger partial charge is 0.202 e. The molecule has 0 unspecified atom stereocenters. The molecular weight excluding hydrogens is 202 g/mol. The van der Waals surface area contributed by atoms with Crippen LogP contribution >= 0.6 is 0 Å². The van der Waals surface area contributed by atoms with Crippen molar-refractivity contribution in [1.82, 2.24) is 9.55 Å². The molecule has 0 saturated heterocycles. The first-order valence-corrected chi connectivity index (χ1v) is 6.21. The van der Waals surface area contributed by atoms with Crippen LogP contribution < -0.4 is 5.32 Å². The summed E-state index contributed by atoms with van der Waals surface area (Å²) in [6, 6.07) is 0. The van der Waals surface area contributed by atoms with Gasteiger partial charge in [0.2, 0.25) is 5.95 Å². The number of aryl methyl sites for hydroxylation is 1. The zero-order valence-corrected chi connectivity index (χ0v) is 10.4. The van der Waals surface area contributed by atoms with Crippen LogP contribution in [-0.4, -0.2) is 29.3 Å². The van der Waals surface area contributed by atoms with Crippen molar-refractivity contribution >= 4 is 5.95 Å². The molecule has 1 aromatic rings. The minimum absolute atomic E-state index is 0.837. The molecule has 0 aliphatic heterocycles. The van der Waals surface area contributed by atoms with Gasteiger partial charge in [0.1, 0.15) is 0 Å². The Kier molecular flexibility index (Phi) is 6.65. The van der Waals surface area contributed by atoms with Gasteiger partial charge in [-0.05, 0) is 19.8 Å². The van der Waals surface area contributed by atoms with Gasteiger partial charge in [0.15, 0.2) is 0 Å². The fourth-order valence-electron chi connectivity index (χ4n) is 1.50. The maximum absolute atomic E-state index is 5.52. The van der Waals surface area contributed by atoms with Gasteiger partial charge in [0.25, 0.3) is 0 Å². The molecule has 0 aliphatic rings. The highest BCUT2D eigenvalue weighted by Gasteiger charge is 1.99. The minimum Gasteiger partial charge on any atom is -0.381 e. The van der Waals surface area contributed by atoms with E-state index in [1.54, 1.807) is 0 Å². The predicted octanol–water partition coefficient (Wildman–Crippen LogP) is 2.52. The van der Waals surface area contributed by atoms with Gasteiger partial charge in [0, 0.05) is 38.7 Å². The summed E-state index contributed by atoms with van der Waals surface area (Å²) >= 11 is 0. The van der Waals surface area contributed by atoms with Crippen LogP contribution in [0, 0.1) is 0 Å². The highest BCUT2D eigenvalue weighted by Crippen LogP contribution is 2.04. The molecule has 0 radical (unpaired) electrons. The number of hydrogen-bond donors (Lipinski definition) is 1. The lowest BCUT2D eigenvalue weighted by atomic mass is 10.4. The second-order valence-corrected chi connectivity index (χ2v) is 3.79. The van der Waals surface area contributed by atoms with E-state index >= 15 is 0 Å². The Hall–Kier alpha value is -1.03. The maximum Gasteiger partial charge on any atom is 0.202 e. The summed E-state index contributed by atoms with van der Waals surface area (Å²) in [7, 11) is 0. The van der Waals surface area contributed by atoms with Crippen molar-refractivity contribution in [1.29, 1.82) is 0 Å². The van der Waals surface area contributed by atoms with E-state index in [0.717, 1.165) is 45.1 Å². The Morgan fingerprint density at radius 2 is 2.12 bits per heavy atom. The standard InChI is InChI=1S/C12H23N3O/c1-3-5-10-16-11-6-8-15-9-7-14-12(15)13-4-2/h7,9H,3-6,8,10-11H2,1-2H3,(H,13,14). The molecule has 4 heteroatoms. The second kappa shape index (κ2) is 8.16. The Morgan fingerprint density at radius 3 is 2.88 bits per heavy atom. The summed E-state index contributed by atoms with van der Waals surface area (Å²) in [5, 5.41) is 3.23. The first-order valence-electron chi connectivity index (χ1n) is 6.21. The molecule has 1 aromatic heterocycles. The van der Waals surface area contributed by atoms with E-state index < -0.39 is 0 Å². The number of anilines is 1. The lowest BCUT2D eigenvalue weighted by molar-refractivity contribution is 0.126. The summed E-state index contributed by atoms with van der Waals surface area (Å²) in [6.07, 6.45) is 7.23. The lowest BCUT2D eigenvalue weighted by Gasteiger charge is -2.08. The summed E-state index contributed by atoms with van der Waals surface area (Å²) in [4.78, 5) is 4.25. The molecule has 0 saturated carbocycles. The van der Waals surface area contributed by atoms with Gasteiger partial charge in [-0.25, -0.2) is 4.98 Å².